The lowest BCUT2D eigenvalue weighted by Gasteiger charge is -2.32. The zero-order valence-corrected chi connectivity index (χ0v) is 20.3. The van der Waals surface area contributed by atoms with Gasteiger partial charge >= 0.3 is 0 Å². The van der Waals surface area contributed by atoms with E-state index in [2.05, 4.69) is 37.8 Å². The molecule has 1 heterocycles. The van der Waals surface area contributed by atoms with Gasteiger partial charge in [0.15, 0.2) is 11.5 Å². The fourth-order valence-corrected chi connectivity index (χ4v) is 3.67. The molecule has 1 aromatic heterocycles. The maximum atomic E-state index is 13.2. The third-order valence-electron chi connectivity index (χ3n) is 5.43. The second kappa shape index (κ2) is 10.5. The molecule has 1 amide bonds. The maximum Gasteiger partial charge on any atom is 0.228 e. The average molecular weight is 452 g/mol. The van der Waals surface area contributed by atoms with Gasteiger partial charge in [0, 0.05) is 24.9 Å². The predicted octanol–water partition coefficient (Wildman–Crippen LogP) is 5.32. The molecular formula is C26H33N3O4. The minimum atomic E-state index is -0.100. The van der Waals surface area contributed by atoms with Crippen LogP contribution in [-0.2, 0) is 11.2 Å². The first-order valence-corrected chi connectivity index (χ1v) is 11.1. The van der Waals surface area contributed by atoms with E-state index in [0.717, 1.165) is 11.1 Å². The van der Waals surface area contributed by atoms with E-state index in [1.165, 1.54) is 0 Å². The molecular weight excluding hydrogens is 418 g/mol. The van der Waals surface area contributed by atoms with Crippen molar-refractivity contribution in [3.8, 4) is 22.9 Å². The molecule has 33 heavy (non-hydrogen) atoms. The predicted molar refractivity (Wildman–Crippen MR) is 127 cm³/mol. The van der Waals surface area contributed by atoms with Crippen LogP contribution in [0.2, 0.25) is 0 Å². The molecule has 0 saturated heterocycles. The van der Waals surface area contributed by atoms with Gasteiger partial charge in [0.05, 0.1) is 20.3 Å². The molecule has 1 atom stereocenters. The van der Waals surface area contributed by atoms with Crippen molar-refractivity contribution in [1.29, 1.82) is 0 Å². The highest BCUT2D eigenvalue weighted by atomic mass is 16.5. The van der Waals surface area contributed by atoms with Gasteiger partial charge in [0.25, 0.3) is 0 Å². The Kier molecular flexibility index (Phi) is 7.74. The molecule has 0 aliphatic rings. The van der Waals surface area contributed by atoms with Gasteiger partial charge in [-0.15, -0.1) is 0 Å². The Labute approximate surface area is 195 Å². The zero-order chi connectivity index (χ0) is 24.0. The van der Waals surface area contributed by atoms with Crippen molar-refractivity contribution in [3.05, 3.63) is 60.0 Å². The quantitative estimate of drug-likeness (QED) is 0.438. The second-order valence-corrected chi connectivity index (χ2v) is 9.24. The molecule has 0 radical (unpaired) electrons. The van der Waals surface area contributed by atoms with Crippen LogP contribution in [0, 0.1) is 5.41 Å². The Balaban J connectivity index is 1.77. The molecule has 2 aromatic carbocycles. The van der Waals surface area contributed by atoms with E-state index in [-0.39, 0.29) is 17.4 Å². The van der Waals surface area contributed by atoms with Crippen LogP contribution in [0.15, 0.2) is 53.1 Å². The summed E-state index contributed by atoms with van der Waals surface area (Å²) in [5.41, 5.74) is 1.76. The fraction of sp³-hybridized carbons (Fsp3) is 0.423. The number of benzene rings is 2. The van der Waals surface area contributed by atoms with Gasteiger partial charge in [-0.3, -0.25) is 4.79 Å². The van der Waals surface area contributed by atoms with E-state index in [1.54, 1.807) is 20.3 Å². The molecule has 7 heteroatoms. The first kappa shape index (κ1) is 24.3. The Hall–Kier alpha value is -3.35. The highest BCUT2D eigenvalue weighted by molar-refractivity contribution is 5.77. The van der Waals surface area contributed by atoms with Gasteiger partial charge in [-0.25, -0.2) is 0 Å². The average Bonchev–Trinajstić information content (AvgIpc) is 3.27. The van der Waals surface area contributed by atoms with Crippen LogP contribution in [-0.4, -0.2) is 41.7 Å². The van der Waals surface area contributed by atoms with Crippen molar-refractivity contribution in [1.82, 2.24) is 15.0 Å². The molecule has 3 rings (SSSR count). The third kappa shape index (κ3) is 6.34. The number of aromatic nitrogens is 2. The fourth-order valence-electron chi connectivity index (χ4n) is 3.67. The highest BCUT2D eigenvalue weighted by Crippen LogP contribution is 2.31. The number of amides is 1. The highest BCUT2D eigenvalue weighted by Gasteiger charge is 2.26. The van der Waals surface area contributed by atoms with Gasteiger partial charge < -0.3 is 18.9 Å². The largest absolute Gasteiger partial charge is 0.493 e. The van der Waals surface area contributed by atoms with E-state index in [0.29, 0.717) is 42.6 Å². The van der Waals surface area contributed by atoms with Gasteiger partial charge in [-0.05, 0) is 36.1 Å². The summed E-state index contributed by atoms with van der Waals surface area (Å²) in [6, 6.07) is 15.5. The molecule has 0 aliphatic heterocycles. The molecule has 0 spiro atoms. The van der Waals surface area contributed by atoms with Crippen LogP contribution >= 0.6 is 0 Å². The first-order chi connectivity index (χ1) is 15.7. The lowest BCUT2D eigenvalue weighted by molar-refractivity contribution is -0.135. The van der Waals surface area contributed by atoms with Crippen LogP contribution in [0.5, 0.6) is 11.5 Å². The summed E-state index contributed by atoms with van der Waals surface area (Å²) in [6.45, 7) is 8.76. The second-order valence-electron chi connectivity index (χ2n) is 9.24. The van der Waals surface area contributed by atoms with Gasteiger partial charge in [0.2, 0.25) is 17.6 Å². The first-order valence-electron chi connectivity index (χ1n) is 11.1. The maximum absolute atomic E-state index is 13.2. The van der Waals surface area contributed by atoms with Crippen LogP contribution in [0.3, 0.4) is 0 Å². The minimum absolute atomic E-state index is 0.0608. The normalized spacial score (nSPS) is 12.3. The van der Waals surface area contributed by atoms with Crippen molar-refractivity contribution in [2.45, 2.75) is 46.6 Å². The van der Waals surface area contributed by atoms with E-state index in [4.69, 9.17) is 14.0 Å². The number of carbonyl (C=O) groups is 1. The smallest absolute Gasteiger partial charge is 0.228 e. The molecule has 3 aromatic rings. The summed E-state index contributed by atoms with van der Waals surface area (Å²) < 4.78 is 16.1. The van der Waals surface area contributed by atoms with E-state index in [1.807, 2.05) is 47.4 Å². The summed E-state index contributed by atoms with van der Waals surface area (Å²) >= 11 is 0. The summed E-state index contributed by atoms with van der Waals surface area (Å²) in [6.07, 6.45) is 0.929. The van der Waals surface area contributed by atoms with Crippen molar-refractivity contribution in [2.24, 2.45) is 5.41 Å². The number of nitrogens with zero attached hydrogens (tertiary/aromatic N) is 3. The summed E-state index contributed by atoms with van der Waals surface area (Å²) in [7, 11) is 3.17. The molecule has 0 fully saturated rings. The van der Waals surface area contributed by atoms with E-state index < -0.39 is 0 Å². The summed E-state index contributed by atoms with van der Waals surface area (Å²) in [5, 5.41) is 4.12. The molecule has 0 aliphatic carbocycles. The topological polar surface area (TPSA) is 77.7 Å². The Bertz CT molecular complexity index is 1060. The molecule has 176 valence electrons. The number of carbonyl (C=O) groups excluding carboxylic acids is 1. The molecule has 0 bridgehead atoms. The Morgan fingerprint density at radius 2 is 1.76 bits per heavy atom. The Morgan fingerprint density at radius 3 is 2.39 bits per heavy atom. The SMILES string of the molecule is COc1ccc(-c2noc(CCN(C(=O)CC(C)(C)C)[C@@H](C)c3ccccc3)n2)cc1OC. The third-order valence-corrected chi connectivity index (χ3v) is 5.43. The van der Waals surface area contributed by atoms with Gasteiger partial charge in [-0.2, -0.15) is 4.98 Å². The summed E-state index contributed by atoms with van der Waals surface area (Å²) in [4.78, 5) is 19.6. The number of hydrogen-bond acceptors (Lipinski definition) is 6. The standard InChI is InChI=1S/C26H33N3O4/c1-18(19-10-8-7-9-11-19)29(24(30)17-26(2,3)4)15-14-23-27-25(28-33-23)20-12-13-21(31-5)22(16-20)32-6/h7-13,16,18H,14-15,17H2,1-6H3/t18-/m0/s1. The van der Waals surface area contributed by atoms with Crippen LogP contribution in [0.4, 0.5) is 0 Å². The van der Waals surface area contributed by atoms with Crippen LogP contribution in [0.1, 0.15) is 51.6 Å². The number of hydrogen-bond donors (Lipinski definition) is 0. The van der Waals surface area contributed by atoms with E-state index >= 15 is 0 Å². The van der Waals surface area contributed by atoms with Crippen molar-refractivity contribution >= 4 is 5.91 Å². The van der Waals surface area contributed by atoms with Crippen LogP contribution < -0.4 is 9.47 Å². The molecule has 0 saturated carbocycles. The summed E-state index contributed by atoms with van der Waals surface area (Å²) in [5.74, 6) is 2.28. The van der Waals surface area contributed by atoms with E-state index in [9.17, 15) is 4.79 Å². The number of methoxy groups -OCH3 is 2. The van der Waals surface area contributed by atoms with Crippen LogP contribution in [0.25, 0.3) is 11.4 Å². The lowest BCUT2D eigenvalue weighted by Crippen LogP contribution is -2.37. The Morgan fingerprint density at radius 1 is 1.06 bits per heavy atom. The zero-order valence-electron chi connectivity index (χ0n) is 20.3. The number of rotatable bonds is 9. The van der Waals surface area contributed by atoms with Crippen molar-refractivity contribution in [3.63, 3.8) is 0 Å². The van der Waals surface area contributed by atoms with Gasteiger partial charge in [-0.1, -0.05) is 56.3 Å². The minimum Gasteiger partial charge on any atom is -0.493 e. The van der Waals surface area contributed by atoms with Gasteiger partial charge in [0.1, 0.15) is 0 Å². The lowest BCUT2D eigenvalue weighted by atomic mass is 9.91. The van der Waals surface area contributed by atoms with Crippen molar-refractivity contribution in [2.75, 3.05) is 20.8 Å². The monoisotopic (exact) mass is 451 g/mol. The molecule has 7 nitrogen and oxygen atoms in total. The molecule has 0 unspecified atom stereocenters. The van der Waals surface area contributed by atoms with Crippen molar-refractivity contribution < 1.29 is 18.8 Å². The number of ether oxygens (including phenoxy) is 2. The molecule has 0 N–H and O–H groups in total.